The first-order valence-corrected chi connectivity index (χ1v) is 7.79. The van der Waals surface area contributed by atoms with E-state index < -0.39 is 12.0 Å². The zero-order chi connectivity index (χ0) is 15.8. The van der Waals surface area contributed by atoms with Gasteiger partial charge in [-0.05, 0) is 30.8 Å². The van der Waals surface area contributed by atoms with Gasteiger partial charge in [0.2, 0.25) is 0 Å². The van der Waals surface area contributed by atoms with Crippen molar-refractivity contribution in [3.63, 3.8) is 0 Å². The summed E-state index contributed by atoms with van der Waals surface area (Å²) in [5.41, 5.74) is 0. The van der Waals surface area contributed by atoms with Gasteiger partial charge in [-0.3, -0.25) is 4.79 Å². The summed E-state index contributed by atoms with van der Waals surface area (Å²) >= 11 is 0. The Kier molecular flexibility index (Phi) is 6.22. The van der Waals surface area contributed by atoms with Crippen LogP contribution in [0.1, 0.15) is 26.2 Å². The van der Waals surface area contributed by atoms with Gasteiger partial charge >= 0.3 is 5.97 Å². The van der Waals surface area contributed by atoms with Crippen molar-refractivity contribution >= 4 is 16.7 Å². The van der Waals surface area contributed by atoms with Gasteiger partial charge in [0.1, 0.15) is 11.8 Å². The number of hydrogen-bond donors (Lipinski definition) is 2. The maximum atomic E-state index is 11.0. The molecule has 0 spiro atoms. The second-order valence-corrected chi connectivity index (χ2v) is 5.31. The summed E-state index contributed by atoms with van der Waals surface area (Å²) in [7, 11) is 0. The van der Waals surface area contributed by atoms with Crippen molar-refractivity contribution in [3.8, 4) is 5.75 Å². The minimum atomic E-state index is -0.781. The average molecular weight is 301 g/mol. The minimum Gasteiger partial charge on any atom is -0.493 e. The SMILES string of the molecule is CCCC(NCCCOc1cccc2ccccc12)C(=O)O. The third kappa shape index (κ3) is 4.46. The largest absolute Gasteiger partial charge is 0.493 e. The van der Waals surface area contributed by atoms with E-state index in [-0.39, 0.29) is 0 Å². The van der Waals surface area contributed by atoms with Crippen LogP contribution in [0.15, 0.2) is 42.5 Å². The predicted octanol–water partition coefficient (Wildman–Crippen LogP) is 3.45. The molecule has 0 aromatic heterocycles. The number of hydrogen-bond acceptors (Lipinski definition) is 3. The fourth-order valence-corrected chi connectivity index (χ4v) is 2.45. The monoisotopic (exact) mass is 301 g/mol. The first-order valence-electron chi connectivity index (χ1n) is 7.79. The molecule has 2 aromatic carbocycles. The van der Waals surface area contributed by atoms with Crippen LogP contribution in [-0.4, -0.2) is 30.3 Å². The van der Waals surface area contributed by atoms with Crippen molar-refractivity contribution in [2.24, 2.45) is 0 Å². The van der Waals surface area contributed by atoms with E-state index in [9.17, 15) is 4.79 Å². The van der Waals surface area contributed by atoms with Crippen LogP contribution in [0.3, 0.4) is 0 Å². The fourth-order valence-electron chi connectivity index (χ4n) is 2.45. The molecule has 0 bridgehead atoms. The molecule has 0 aliphatic carbocycles. The van der Waals surface area contributed by atoms with E-state index >= 15 is 0 Å². The molecule has 0 aliphatic rings. The molecule has 4 nitrogen and oxygen atoms in total. The van der Waals surface area contributed by atoms with E-state index in [4.69, 9.17) is 9.84 Å². The lowest BCUT2D eigenvalue weighted by Crippen LogP contribution is -2.37. The Morgan fingerprint density at radius 2 is 2.00 bits per heavy atom. The van der Waals surface area contributed by atoms with Gasteiger partial charge in [-0.1, -0.05) is 49.7 Å². The Bertz CT molecular complexity index is 607. The van der Waals surface area contributed by atoms with E-state index in [1.54, 1.807) is 0 Å². The van der Waals surface area contributed by atoms with Gasteiger partial charge in [0.25, 0.3) is 0 Å². The minimum absolute atomic E-state index is 0.456. The first-order chi connectivity index (χ1) is 10.7. The van der Waals surface area contributed by atoms with Gasteiger partial charge < -0.3 is 15.2 Å². The van der Waals surface area contributed by atoms with Gasteiger partial charge in [0, 0.05) is 5.39 Å². The van der Waals surface area contributed by atoms with Crippen molar-refractivity contribution in [2.45, 2.75) is 32.2 Å². The highest BCUT2D eigenvalue weighted by Gasteiger charge is 2.14. The molecule has 0 radical (unpaired) electrons. The molecule has 1 atom stereocenters. The van der Waals surface area contributed by atoms with E-state index in [0.29, 0.717) is 19.6 Å². The van der Waals surface area contributed by atoms with Crippen LogP contribution in [0.4, 0.5) is 0 Å². The Hall–Kier alpha value is -2.07. The lowest BCUT2D eigenvalue weighted by Gasteiger charge is -2.14. The Balaban J connectivity index is 1.80. The molecule has 0 heterocycles. The fraction of sp³-hybridized carbons (Fsp3) is 0.389. The standard InChI is InChI=1S/C18H23NO3/c1-2-7-16(18(20)21)19-12-6-13-22-17-11-5-9-14-8-3-4-10-15(14)17/h3-5,8-11,16,19H,2,6-7,12-13H2,1H3,(H,20,21). The summed E-state index contributed by atoms with van der Waals surface area (Å²) in [4.78, 5) is 11.0. The second kappa shape index (κ2) is 8.39. The maximum absolute atomic E-state index is 11.0. The molecule has 2 aromatic rings. The van der Waals surface area contributed by atoms with E-state index in [1.807, 2.05) is 37.3 Å². The molecule has 4 heteroatoms. The summed E-state index contributed by atoms with van der Waals surface area (Å²) in [5.74, 6) is 0.0956. The number of carboxylic acid groups (broad SMARTS) is 1. The molecular formula is C18H23NO3. The van der Waals surface area contributed by atoms with Gasteiger partial charge in [0.15, 0.2) is 0 Å². The van der Waals surface area contributed by atoms with Crippen molar-refractivity contribution in [1.82, 2.24) is 5.32 Å². The zero-order valence-corrected chi connectivity index (χ0v) is 12.9. The molecule has 2 N–H and O–H groups in total. The number of rotatable bonds is 9. The number of fused-ring (bicyclic) bond motifs is 1. The summed E-state index contributed by atoms with van der Waals surface area (Å²) in [5, 5.41) is 14.4. The quantitative estimate of drug-likeness (QED) is 0.696. The van der Waals surface area contributed by atoms with Crippen molar-refractivity contribution in [2.75, 3.05) is 13.2 Å². The van der Waals surface area contributed by atoms with Crippen LogP contribution in [-0.2, 0) is 4.79 Å². The summed E-state index contributed by atoms with van der Waals surface area (Å²) in [6, 6.07) is 13.7. The van der Waals surface area contributed by atoms with Crippen molar-refractivity contribution in [1.29, 1.82) is 0 Å². The lowest BCUT2D eigenvalue weighted by molar-refractivity contribution is -0.139. The van der Waals surface area contributed by atoms with Gasteiger partial charge in [-0.15, -0.1) is 0 Å². The number of carboxylic acids is 1. The number of nitrogens with one attached hydrogen (secondary N) is 1. The normalized spacial score (nSPS) is 12.2. The van der Waals surface area contributed by atoms with E-state index in [0.717, 1.165) is 29.4 Å². The molecule has 2 rings (SSSR count). The first kappa shape index (κ1) is 16.3. The highest BCUT2D eigenvalue weighted by molar-refractivity contribution is 5.88. The smallest absolute Gasteiger partial charge is 0.320 e. The van der Waals surface area contributed by atoms with E-state index in [1.165, 1.54) is 0 Å². The molecular weight excluding hydrogens is 278 g/mol. The molecule has 0 fully saturated rings. The number of ether oxygens (including phenoxy) is 1. The molecule has 0 saturated heterocycles. The number of aliphatic carboxylic acids is 1. The molecule has 0 amide bonds. The third-order valence-electron chi connectivity index (χ3n) is 3.59. The van der Waals surface area contributed by atoms with Crippen LogP contribution in [0.2, 0.25) is 0 Å². The zero-order valence-electron chi connectivity index (χ0n) is 12.9. The van der Waals surface area contributed by atoms with Crippen LogP contribution in [0.25, 0.3) is 10.8 Å². The van der Waals surface area contributed by atoms with E-state index in [2.05, 4.69) is 17.4 Å². The third-order valence-corrected chi connectivity index (χ3v) is 3.59. The Labute approximate surface area is 131 Å². The Morgan fingerprint density at radius 1 is 1.23 bits per heavy atom. The summed E-state index contributed by atoms with van der Waals surface area (Å²) < 4.78 is 5.83. The molecule has 22 heavy (non-hydrogen) atoms. The molecule has 0 aliphatic heterocycles. The van der Waals surface area contributed by atoms with Crippen molar-refractivity contribution < 1.29 is 14.6 Å². The lowest BCUT2D eigenvalue weighted by atomic mass is 10.1. The van der Waals surface area contributed by atoms with Crippen LogP contribution >= 0.6 is 0 Å². The highest BCUT2D eigenvalue weighted by atomic mass is 16.5. The van der Waals surface area contributed by atoms with Crippen LogP contribution in [0, 0.1) is 0 Å². The molecule has 1 unspecified atom stereocenters. The average Bonchev–Trinajstić information content (AvgIpc) is 2.53. The number of carbonyl (C=O) groups is 1. The van der Waals surface area contributed by atoms with Crippen LogP contribution in [0.5, 0.6) is 5.75 Å². The molecule has 118 valence electrons. The Morgan fingerprint density at radius 3 is 2.77 bits per heavy atom. The summed E-state index contributed by atoms with van der Waals surface area (Å²) in [6.07, 6.45) is 2.28. The highest BCUT2D eigenvalue weighted by Crippen LogP contribution is 2.25. The topological polar surface area (TPSA) is 58.6 Å². The maximum Gasteiger partial charge on any atom is 0.320 e. The molecule has 0 saturated carbocycles. The number of benzene rings is 2. The van der Waals surface area contributed by atoms with Crippen LogP contribution < -0.4 is 10.1 Å². The van der Waals surface area contributed by atoms with Gasteiger partial charge in [-0.2, -0.15) is 0 Å². The van der Waals surface area contributed by atoms with Crippen molar-refractivity contribution in [3.05, 3.63) is 42.5 Å². The second-order valence-electron chi connectivity index (χ2n) is 5.31. The summed E-state index contributed by atoms with van der Waals surface area (Å²) in [6.45, 7) is 3.20. The predicted molar refractivity (Wildman–Crippen MR) is 88.4 cm³/mol. The van der Waals surface area contributed by atoms with Gasteiger partial charge in [-0.25, -0.2) is 0 Å². The van der Waals surface area contributed by atoms with Gasteiger partial charge in [0.05, 0.1) is 6.61 Å².